The van der Waals surface area contributed by atoms with Crippen LogP contribution < -0.4 is 24.8 Å². The van der Waals surface area contributed by atoms with Crippen LogP contribution in [0.3, 0.4) is 0 Å². The fourth-order valence-electron chi connectivity index (χ4n) is 2.36. The third kappa shape index (κ3) is 7.94. The molecule has 2 aromatic rings. The first kappa shape index (κ1) is 22.9. The molecule has 0 saturated heterocycles. The van der Waals surface area contributed by atoms with Crippen molar-refractivity contribution in [2.45, 2.75) is 13.5 Å². The lowest BCUT2D eigenvalue weighted by molar-refractivity contribution is 0.310. The van der Waals surface area contributed by atoms with Gasteiger partial charge in [-0.3, -0.25) is 4.99 Å². The predicted molar refractivity (Wildman–Crippen MR) is 120 cm³/mol. The fraction of sp³-hybridized carbons (Fsp3) is 0.350. The average molecular weight is 485 g/mol. The van der Waals surface area contributed by atoms with E-state index in [0.29, 0.717) is 26.3 Å². The van der Waals surface area contributed by atoms with Crippen LogP contribution in [0.15, 0.2) is 53.5 Å². The molecule has 148 valence electrons. The largest absolute Gasteiger partial charge is 0.493 e. The maximum absolute atomic E-state index is 5.66. The Morgan fingerprint density at radius 1 is 1.00 bits per heavy atom. The van der Waals surface area contributed by atoms with E-state index >= 15 is 0 Å². The van der Waals surface area contributed by atoms with Gasteiger partial charge in [0.2, 0.25) is 0 Å². The van der Waals surface area contributed by atoms with Crippen molar-refractivity contribution < 1.29 is 14.2 Å². The van der Waals surface area contributed by atoms with Crippen LogP contribution in [0.5, 0.6) is 17.2 Å². The summed E-state index contributed by atoms with van der Waals surface area (Å²) in [4.78, 5) is 4.22. The first-order valence-electron chi connectivity index (χ1n) is 8.69. The molecule has 0 aliphatic carbocycles. The molecule has 6 nitrogen and oxygen atoms in total. The molecule has 7 heteroatoms. The number of methoxy groups -OCH3 is 1. The summed E-state index contributed by atoms with van der Waals surface area (Å²) in [5, 5.41) is 6.51. The maximum Gasteiger partial charge on any atom is 0.191 e. The van der Waals surface area contributed by atoms with Crippen molar-refractivity contribution in [2.75, 3.05) is 33.9 Å². The van der Waals surface area contributed by atoms with Crippen molar-refractivity contribution in [1.82, 2.24) is 10.6 Å². The number of aliphatic imine (C=N–C) groups is 1. The Kier molecular flexibility index (Phi) is 11.1. The molecule has 0 aliphatic rings. The van der Waals surface area contributed by atoms with E-state index in [0.717, 1.165) is 28.8 Å². The topological polar surface area (TPSA) is 64.1 Å². The maximum atomic E-state index is 5.66. The molecule has 27 heavy (non-hydrogen) atoms. The number of guanidine groups is 1. The van der Waals surface area contributed by atoms with E-state index in [2.05, 4.69) is 15.6 Å². The van der Waals surface area contributed by atoms with Gasteiger partial charge in [-0.15, -0.1) is 24.0 Å². The minimum Gasteiger partial charge on any atom is -0.493 e. The van der Waals surface area contributed by atoms with Crippen LogP contribution in [-0.2, 0) is 6.54 Å². The Balaban J connectivity index is 0.00000364. The number of hydrogen-bond donors (Lipinski definition) is 2. The molecule has 0 heterocycles. The molecule has 0 amide bonds. The van der Waals surface area contributed by atoms with E-state index < -0.39 is 0 Å². The van der Waals surface area contributed by atoms with Crippen molar-refractivity contribution in [3.05, 3.63) is 54.1 Å². The molecular formula is C20H28IN3O3. The number of rotatable bonds is 9. The summed E-state index contributed by atoms with van der Waals surface area (Å²) in [5.74, 6) is 3.05. The van der Waals surface area contributed by atoms with E-state index in [9.17, 15) is 0 Å². The first-order chi connectivity index (χ1) is 12.8. The monoisotopic (exact) mass is 485 g/mol. The lowest BCUT2D eigenvalue weighted by atomic mass is 10.2. The number of halogens is 1. The molecule has 2 aromatic carbocycles. The fourth-order valence-corrected chi connectivity index (χ4v) is 2.36. The molecular weight excluding hydrogens is 457 g/mol. The van der Waals surface area contributed by atoms with Gasteiger partial charge < -0.3 is 24.8 Å². The van der Waals surface area contributed by atoms with Crippen molar-refractivity contribution in [3.63, 3.8) is 0 Å². The minimum absolute atomic E-state index is 0. The van der Waals surface area contributed by atoms with Gasteiger partial charge in [-0.05, 0) is 36.8 Å². The number of nitrogens with zero attached hydrogens (tertiary/aromatic N) is 1. The zero-order valence-electron chi connectivity index (χ0n) is 16.0. The highest BCUT2D eigenvalue weighted by Crippen LogP contribution is 2.27. The second kappa shape index (κ2) is 13.1. The summed E-state index contributed by atoms with van der Waals surface area (Å²) in [6.07, 6.45) is 0. The number of para-hydroxylation sites is 1. The summed E-state index contributed by atoms with van der Waals surface area (Å²) in [6.45, 7) is 4.39. The standard InChI is InChI=1S/C20H27N3O3.HI/c1-4-25-19-14-16(10-11-18(19)24-3)15-23-20(21-2)22-12-13-26-17-8-6-5-7-9-17;/h5-11,14H,4,12-13,15H2,1-3H3,(H2,21,22,23);1H. The van der Waals surface area contributed by atoms with Crippen LogP contribution in [0.1, 0.15) is 12.5 Å². The lowest BCUT2D eigenvalue weighted by Crippen LogP contribution is -2.38. The van der Waals surface area contributed by atoms with Gasteiger partial charge in [0.15, 0.2) is 17.5 Å². The third-order valence-corrected chi connectivity index (χ3v) is 3.62. The Bertz CT molecular complexity index is 696. The Hall–Kier alpha value is -2.16. The minimum atomic E-state index is 0. The van der Waals surface area contributed by atoms with Crippen molar-refractivity contribution in [2.24, 2.45) is 4.99 Å². The van der Waals surface area contributed by atoms with Gasteiger partial charge >= 0.3 is 0 Å². The van der Waals surface area contributed by atoms with E-state index in [-0.39, 0.29) is 24.0 Å². The molecule has 0 saturated carbocycles. The smallest absolute Gasteiger partial charge is 0.191 e. The Labute approximate surface area is 178 Å². The Morgan fingerprint density at radius 3 is 2.44 bits per heavy atom. The van der Waals surface area contributed by atoms with E-state index in [4.69, 9.17) is 14.2 Å². The summed E-state index contributed by atoms with van der Waals surface area (Å²) in [5.41, 5.74) is 1.08. The third-order valence-electron chi connectivity index (χ3n) is 3.62. The predicted octanol–water partition coefficient (Wildman–Crippen LogP) is 3.46. The zero-order valence-corrected chi connectivity index (χ0v) is 18.4. The molecule has 0 bridgehead atoms. The lowest BCUT2D eigenvalue weighted by Gasteiger charge is -2.14. The van der Waals surface area contributed by atoms with E-state index in [1.807, 2.05) is 55.5 Å². The normalized spacial score (nSPS) is 10.6. The summed E-state index contributed by atoms with van der Waals surface area (Å²) in [7, 11) is 3.38. The van der Waals surface area contributed by atoms with Gasteiger partial charge in [0.1, 0.15) is 12.4 Å². The number of benzene rings is 2. The van der Waals surface area contributed by atoms with E-state index in [1.54, 1.807) is 14.2 Å². The molecule has 0 unspecified atom stereocenters. The van der Waals surface area contributed by atoms with Crippen LogP contribution in [0.2, 0.25) is 0 Å². The zero-order chi connectivity index (χ0) is 18.6. The highest BCUT2D eigenvalue weighted by atomic mass is 127. The van der Waals surface area contributed by atoms with Gasteiger partial charge in [0.25, 0.3) is 0 Å². The van der Waals surface area contributed by atoms with Gasteiger partial charge in [-0.1, -0.05) is 24.3 Å². The average Bonchev–Trinajstić information content (AvgIpc) is 2.68. The molecule has 2 N–H and O–H groups in total. The molecule has 2 rings (SSSR count). The van der Waals surface area contributed by atoms with Gasteiger partial charge in [0, 0.05) is 13.6 Å². The highest BCUT2D eigenvalue weighted by Gasteiger charge is 2.06. The van der Waals surface area contributed by atoms with Crippen LogP contribution in [0.25, 0.3) is 0 Å². The highest BCUT2D eigenvalue weighted by molar-refractivity contribution is 14.0. The summed E-state index contributed by atoms with van der Waals surface area (Å²) < 4.78 is 16.6. The molecule has 0 aromatic heterocycles. The molecule has 0 radical (unpaired) electrons. The molecule has 0 aliphatic heterocycles. The van der Waals surface area contributed by atoms with E-state index in [1.165, 1.54) is 0 Å². The van der Waals surface area contributed by atoms with Gasteiger partial charge in [-0.25, -0.2) is 0 Å². The van der Waals surface area contributed by atoms with Crippen molar-refractivity contribution >= 4 is 29.9 Å². The summed E-state index contributed by atoms with van der Waals surface area (Å²) >= 11 is 0. The second-order valence-corrected chi connectivity index (χ2v) is 5.43. The van der Waals surface area contributed by atoms with Crippen LogP contribution in [0.4, 0.5) is 0 Å². The number of ether oxygens (including phenoxy) is 3. The number of nitrogens with one attached hydrogen (secondary N) is 2. The van der Waals surface area contributed by atoms with Gasteiger partial charge in [-0.2, -0.15) is 0 Å². The Morgan fingerprint density at radius 2 is 1.78 bits per heavy atom. The SMILES string of the molecule is CCOc1cc(CNC(=NC)NCCOc2ccccc2)ccc1OC.I. The van der Waals surface area contributed by atoms with Crippen molar-refractivity contribution in [1.29, 1.82) is 0 Å². The molecule has 0 atom stereocenters. The van der Waals surface area contributed by atoms with Crippen LogP contribution >= 0.6 is 24.0 Å². The first-order valence-corrected chi connectivity index (χ1v) is 8.69. The summed E-state index contributed by atoms with van der Waals surface area (Å²) in [6, 6.07) is 15.6. The number of hydrogen-bond acceptors (Lipinski definition) is 4. The second-order valence-electron chi connectivity index (χ2n) is 5.43. The van der Waals surface area contributed by atoms with Crippen molar-refractivity contribution in [3.8, 4) is 17.2 Å². The van der Waals surface area contributed by atoms with Gasteiger partial charge in [0.05, 0.1) is 20.3 Å². The molecule has 0 spiro atoms. The quantitative estimate of drug-likeness (QED) is 0.247. The van der Waals surface area contributed by atoms with Crippen LogP contribution in [-0.4, -0.2) is 39.9 Å². The van der Waals surface area contributed by atoms with Crippen LogP contribution in [0, 0.1) is 0 Å². The molecule has 0 fully saturated rings.